The van der Waals surface area contributed by atoms with E-state index >= 15 is 0 Å². The van der Waals surface area contributed by atoms with E-state index in [1.165, 1.54) is 12.8 Å². The van der Waals surface area contributed by atoms with Crippen LogP contribution in [0, 0.1) is 18.3 Å². The van der Waals surface area contributed by atoms with Crippen molar-refractivity contribution in [2.75, 3.05) is 19.7 Å². The van der Waals surface area contributed by atoms with Gasteiger partial charge in [0.2, 0.25) is 0 Å². The van der Waals surface area contributed by atoms with E-state index in [-0.39, 0.29) is 12.6 Å². The first kappa shape index (κ1) is 17.6. The van der Waals surface area contributed by atoms with Crippen LogP contribution in [0.15, 0.2) is 18.2 Å². The lowest BCUT2D eigenvalue weighted by Gasteiger charge is -2.21. The van der Waals surface area contributed by atoms with Gasteiger partial charge in [-0.15, -0.1) is 0 Å². The Labute approximate surface area is 148 Å². The molecule has 1 aliphatic heterocycles. The Kier molecular flexibility index (Phi) is 4.88. The first-order valence-electron chi connectivity index (χ1n) is 8.86. The van der Waals surface area contributed by atoms with E-state index in [1.807, 2.05) is 25.1 Å². The van der Waals surface area contributed by atoms with Crippen LogP contribution in [0.4, 0.5) is 4.79 Å². The molecule has 1 aliphatic carbocycles. The molecule has 1 atom stereocenters. The van der Waals surface area contributed by atoms with Crippen LogP contribution < -0.4 is 10.1 Å². The average Bonchev–Trinajstić information content (AvgIpc) is 3.31. The molecule has 1 aromatic carbocycles. The van der Waals surface area contributed by atoms with Crippen LogP contribution in [0.1, 0.15) is 37.3 Å². The van der Waals surface area contributed by atoms with Crippen molar-refractivity contribution in [2.45, 2.75) is 39.7 Å². The van der Waals surface area contributed by atoms with Crippen LogP contribution in [0.3, 0.4) is 0 Å². The summed E-state index contributed by atoms with van der Waals surface area (Å²) in [6.45, 7) is 5.52. The summed E-state index contributed by atoms with van der Waals surface area (Å²) in [4.78, 5) is 25.2. The molecule has 0 bridgehead atoms. The molecular weight excluding hydrogens is 320 g/mol. The summed E-state index contributed by atoms with van der Waals surface area (Å²) in [7, 11) is 0. The van der Waals surface area contributed by atoms with E-state index in [2.05, 4.69) is 5.32 Å². The molecule has 6 heteroatoms. The molecule has 0 radical (unpaired) electrons. The van der Waals surface area contributed by atoms with E-state index in [1.54, 1.807) is 11.8 Å². The second kappa shape index (κ2) is 6.94. The molecule has 2 aliphatic rings. The van der Waals surface area contributed by atoms with Gasteiger partial charge >= 0.3 is 12.0 Å². The molecule has 25 heavy (non-hydrogen) atoms. The van der Waals surface area contributed by atoms with Crippen molar-refractivity contribution in [3.63, 3.8) is 0 Å². The van der Waals surface area contributed by atoms with Crippen molar-refractivity contribution in [1.29, 1.82) is 0 Å². The van der Waals surface area contributed by atoms with Gasteiger partial charge in [0, 0.05) is 25.2 Å². The minimum absolute atomic E-state index is 0.223. The minimum atomic E-state index is -0.850. The van der Waals surface area contributed by atoms with Crippen LogP contribution in [0.2, 0.25) is 0 Å². The van der Waals surface area contributed by atoms with Gasteiger partial charge in [0.1, 0.15) is 5.75 Å². The van der Waals surface area contributed by atoms with Crippen molar-refractivity contribution in [2.24, 2.45) is 11.3 Å². The highest BCUT2D eigenvalue weighted by molar-refractivity contribution is 5.79. The number of likely N-dealkylation sites (tertiary alicyclic amines) is 1. The van der Waals surface area contributed by atoms with Gasteiger partial charge in [0.25, 0.3) is 0 Å². The Morgan fingerprint density at radius 3 is 2.80 bits per heavy atom. The second-order valence-electron chi connectivity index (χ2n) is 7.56. The number of nitrogens with one attached hydrogen (secondary N) is 1. The molecule has 2 fully saturated rings. The van der Waals surface area contributed by atoms with Gasteiger partial charge in [-0.3, -0.25) is 4.79 Å². The number of hydrogen-bond acceptors (Lipinski definition) is 3. The van der Waals surface area contributed by atoms with E-state index in [0.717, 1.165) is 23.5 Å². The molecule has 6 nitrogen and oxygen atoms in total. The normalized spacial score (nSPS) is 22.7. The Hall–Kier alpha value is -2.24. The third kappa shape index (κ3) is 4.24. The fourth-order valence-corrected chi connectivity index (χ4v) is 3.03. The van der Waals surface area contributed by atoms with Crippen molar-refractivity contribution in [3.05, 3.63) is 29.3 Å². The zero-order valence-electron chi connectivity index (χ0n) is 14.9. The Bertz CT molecular complexity index is 671. The Morgan fingerprint density at radius 1 is 1.40 bits per heavy atom. The molecule has 0 spiro atoms. The van der Waals surface area contributed by atoms with Crippen molar-refractivity contribution >= 4 is 12.0 Å². The van der Waals surface area contributed by atoms with Gasteiger partial charge in [-0.25, -0.2) is 4.79 Å². The number of carboxylic acid groups (broad SMARTS) is 1. The molecule has 2 amide bonds. The third-order valence-corrected chi connectivity index (χ3v) is 5.10. The van der Waals surface area contributed by atoms with Gasteiger partial charge < -0.3 is 20.1 Å². The molecule has 1 saturated carbocycles. The number of urea groups is 1. The average molecular weight is 346 g/mol. The highest BCUT2D eigenvalue weighted by Crippen LogP contribution is 2.31. The maximum atomic E-state index is 12.4. The zero-order chi connectivity index (χ0) is 18.0. The molecule has 1 saturated heterocycles. The third-order valence-electron chi connectivity index (χ3n) is 5.10. The van der Waals surface area contributed by atoms with Crippen LogP contribution in [-0.2, 0) is 11.3 Å². The SMILES string of the molecule is Cc1ccc(CNC(=O)N2CCC(C)(C(=O)O)C2)c(OCC2CC2)c1. The lowest BCUT2D eigenvalue weighted by Crippen LogP contribution is -2.40. The van der Waals surface area contributed by atoms with Gasteiger partial charge in [-0.05, 0) is 50.7 Å². The number of amides is 2. The second-order valence-corrected chi connectivity index (χ2v) is 7.56. The number of carboxylic acids is 1. The topological polar surface area (TPSA) is 78.9 Å². The molecule has 3 rings (SSSR count). The molecular formula is C19H26N2O4. The van der Waals surface area contributed by atoms with Gasteiger partial charge in [-0.1, -0.05) is 12.1 Å². The first-order chi connectivity index (χ1) is 11.9. The number of ether oxygens (including phenoxy) is 1. The van der Waals surface area contributed by atoms with Crippen LogP contribution in [0.25, 0.3) is 0 Å². The Morgan fingerprint density at radius 2 is 2.16 bits per heavy atom. The summed E-state index contributed by atoms with van der Waals surface area (Å²) < 4.78 is 5.92. The molecule has 136 valence electrons. The molecule has 1 aromatic rings. The monoisotopic (exact) mass is 346 g/mol. The lowest BCUT2D eigenvalue weighted by atomic mass is 9.90. The van der Waals surface area contributed by atoms with Crippen LogP contribution in [-0.4, -0.2) is 41.7 Å². The number of aliphatic carboxylic acids is 1. The van der Waals surface area contributed by atoms with E-state index in [4.69, 9.17) is 4.74 Å². The molecule has 1 heterocycles. The maximum absolute atomic E-state index is 12.4. The smallest absolute Gasteiger partial charge is 0.317 e. The van der Waals surface area contributed by atoms with Crippen LogP contribution >= 0.6 is 0 Å². The summed E-state index contributed by atoms with van der Waals surface area (Å²) >= 11 is 0. The van der Waals surface area contributed by atoms with Gasteiger partial charge in [0.15, 0.2) is 0 Å². The summed E-state index contributed by atoms with van der Waals surface area (Å²) in [5.74, 6) is 0.641. The van der Waals surface area contributed by atoms with Crippen molar-refractivity contribution in [1.82, 2.24) is 10.2 Å². The predicted octanol–water partition coefficient (Wildman–Crippen LogP) is 2.79. The largest absolute Gasteiger partial charge is 0.493 e. The highest BCUT2D eigenvalue weighted by atomic mass is 16.5. The highest BCUT2D eigenvalue weighted by Gasteiger charge is 2.42. The van der Waals surface area contributed by atoms with E-state index in [9.17, 15) is 14.7 Å². The van der Waals surface area contributed by atoms with Crippen molar-refractivity contribution < 1.29 is 19.4 Å². The lowest BCUT2D eigenvalue weighted by molar-refractivity contribution is -0.147. The summed E-state index contributed by atoms with van der Waals surface area (Å²) in [6.07, 6.45) is 2.94. The minimum Gasteiger partial charge on any atom is -0.493 e. The first-order valence-corrected chi connectivity index (χ1v) is 8.86. The maximum Gasteiger partial charge on any atom is 0.317 e. The molecule has 2 N–H and O–H groups in total. The fraction of sp³-hybridized carbons (Fsp3) is 0.579. The zero-order valence-corrected chi connectivity index (χ0v) is 14.9. The number of rotatable bonds is 6. The van der Waals surface area contributed by atoms with Crippen LogP contribution in [0.5, 0.6) is 5.75 Å². The fourth-order valence-electron chi connectivity index (χ4n) is 3.03. The quantitative estimate of drug-likeness (QED) is 0.830. The molecule has 1 unspecified atom stereocenters. The number of carbonyl (C=O) groups is 2. The standard InChI is InChI=1S/C19H26N2O4/c1-13-3-6-15(16(9-13)25-11-14-4-5-14)10-20-18(24)21-8-7-19(2,12-21)17(22)23/h3,6,9,14H,4-5,7-8,10-12H2,1-2H3,(H,20,24)(H,22,23). The summed E-state index contributed by atoms with van der Waals surface area (Å²) in [5, 5.41) is 12.2. The number of nitrogens with zero attached hydrogens (tertiary/aromatic N) is 1. The van der Waals surface area contributed by atoms with E-state index < -0.39 is 11.4 Å². The van der Waals surface area contributed by atoms with Gasteiger partial charge in [-0.2, -0.15) is 0 Å². The summed E-state index contributed by atoms with van der Waals surface area (Å²) in [6, 6.07) is 5.76. The Balaban J connectivity index is 1.57. The number of carbonyl (C=O) groups excluding carboxylic acids is 1. The number of benzene rings is 1. The molecule has 0 aromatic heterocycles. The number of aryl methyl sites for hydroxylation is 1. The van der Waals surface area contributed by atoms with E-state index in [0.29, 0.717) is 25.4 Å². The summed E-state index contributed by atoms with van der Waals surface area (Å²) in [5.41, 5.74) is 1.22. The van der Waals surface area contributed by atoms with Crippen molar-refractivity contribution in [3.8, 4) is 5.75 Å². The number of hydrogen-bond donors (Lipinski definition) is 2. The predicted molar refractivity (Wildman–Crippen MR) is 93.6 cm³/mol. The van der Waals surface area contributed by atoms with Gasteiger partial charge in [0.05, 0.1) is 12.0 Å².